The third kappa shape index (κ3) is 4.31. The number of aryl methyl sites for hydroxylation is 1. The van der Waals surface area contributed by atoms with Gasteiger partial charge >= 0.3 is 0 Å². The van der Waals surface area contributed by atoms with E-state index in [1.165, 1.54) is 0 Å². The van der Waals surface area contributed by atoms with Crippen molar-refractivity contribution in [1.82, 2.24) is 20.4 Å². The smallest absolute Gasteiger partial charge is 0.273 e. The molecule has 2 aromatic rings. The summed E-state index contributed by atoms with van der Waals surface area (Å²) in [5.74, 6) is -0.562. The number of rotatable bonds is 7. The van der Waals surface area contributed by atoms with E-state index in [1.807, 2.05) is 55.8 Å². The summed E-state index contributed by atoms with van der Waals surface area (Å²) in [6.07, 6.45) is 3.66. The average Bonchev–Trinajstić information content (AvgIpc) is 2.97. The molecule has 0 saturated heterocycles. The first-order valence-corrected chi connectivity index (χ1v) is 8.88. The van der Waals surface area contributed by atoms with Gasteiger partial charge in [-0.1, -0.05) is 45.0 Å². The zero-order valence-corrected chi connectivity index (χ0v) is 16.0. The van der Waals surface area contributed by atoms with Crippen LogP contribution in [-0.2, 0) is 11.3 Å². The van der Waals surface area contributed by atoms with Crippen molar-refractivity contribution in [3.05, 3.63) is 42.6 Å². The van der Waals surface area contributed by atoms with E-state index >= 15 is 0 Å². The molecule has 6 heteroatoms. The lowest BCUT2D eigenvalue weighted by molar-refractivity contribution is -0.124. The Morgan fingerprint density at radius 3 is 2.62 bits per heavy atom. The first-order chi connectivity index (χ1) is 12.3. The number of carbonyl (C=O) groups is 2. The number of hydrogen-bond acceptors (Lipinski definition) is 3. The predicted octanol–water partition coefficient (Wildman–Crippen LogP) is 2.89. The normalized spacial score (nSPS) is 12.6. The van der Waals surface area contributed by atoms with Gasteiger partial charge in [-0.05, 0) is 24.3 Å². The van der Waals surface area contributed by atoms with E-state index in [1.54, 1.807) is 7.05 Å². The molecule has 1 atom stereocenters. The molecule has 0 spiro atoms. The monoisotopic (exact) mass is 356 g/mol. The number of fused-ring (bicyclic) bond motifs is 1. The summed E-state index contributed by atoms with van der Waals surface area (Å²) in [5.41, 5.74) is 0.837. The maximum atomic E-state index is 12.9. The summed E-state index contributed by atoms with van der Waals surface area (Å²) < 4.78 is 1.85. The molecular formula is C20H28N4O2. The number of carbonyl (C=O) groups excluding carboxylic acids is 2. The van der Waals surface area contributed by atoms with Crippen molar-refractivity contribution < 1.29 is 9.59 Å². The van der Waals surface area contributed by atoms with Gasteiger partial charge in [0.1, 0.15) is 6.04 Å². The van der Waals surface area contributed by atoms with Gasteiger partial charge in [0.05, 0.1) is 5.52 Å². The zero-order valence-electron chi connectivity index (χ0n) is 16.0. The molecule has 0 fully saturated rings. The van der Waals surface area contributed by atoms with Gasteiger partial charge in [-0.3, -0.25) is 14.3 Å². The highest BCUT2D eigenvalue weighted by atomic mass is 16.2. The summed E-state index contributed by atoms with van der Waals surface area (Å²) in [6, 6.07) is 7.00. The molecule has 1 aromatic carbocycles. The molecule has 0 bridgehead atoms. The van der Waals surface area contributed by atoms with Gasteiger partial charge in [0.15, 0.2) is 5.69 Å². The Kier molecular flexibility index (Phi) is 6.18. The molecule has 0 saturated carbocycles. The number of para-hydroxylation sites is 1. The van der Waals surface area contributed by atoms with E-state index in [0.717, 1.165) is 23.7 Å². The molecular weight excluding hydrogens is 328 g/mol. The number of unbranched alkanes of at least 4 members (excludes halogenated alkanes) is 1. The Morgan fingerprint density at radius 1 is 1.31 bits per heavy atom. The Labute approximate surface area is 154 Å². The summed E-state index contributed by atoms with van der Waals surface area (Å²) in [6.45, 7) is 10.2. The highest BCUT2D eigenvalue weighted by Gasteiger charge is 2.33. The highest BCUT2D eigenvalue weighted by Crippen LogP contribution is 2.22. The van der Waals surface area contributed by atoms with Crippen molar-refractivity contribution >= 4 is 22.7 Å². The summed E-state index contributed by atoms with van der Waals surface area (Å²) in [5, 5.41) is 10.8. The lowest BCUT2D eigenvalue weighted by atomic mass is 9.86. The molecule has 0 aliphatic heterocycles. The molecule has 1 unspecified atom stereocenters. The van der Waals surface area contributed by atoms with Crippen LogP contribution in [0.2, 0.25) is 0 Å². The first kappa shape index (κ1) is 19.7. The minimum absolute atomic E-state index is 0.222. The second-order valence-corrected chi connectivity index (χ2v) is 7.41. The van der Waals surface area contributed by atoms with Crippen LogP contribution >= 0.6 is 0 Å². The molecule has 6 nitrogen and oxygen atoms in total. The fourth-order valence-electron chi connectivity index (χ4n) is 2.87. The summed E-state index contributed by atoms with van der Waals surface area (Å²) in [4.78, 5) is 25.1. The summed E-state index contributed by atoms with van der Waals surface area (Å²) in [7, 11) is 1.57. The van der Waals surface area contributed by atoms with Crippen LogP contribution in [0.4, 0.5) is 0 Å². The van der Waals surface area contributed by atoms with Crippen LogP contribution in [0.5, 0.6) is 0 Å². The lowest BCUT2D eigenvalue weighted by Gasteiger charge is -2.29. The van der Waals surface area contributed by atoms with Crippen LogP contribution in [0.3, 0.4) is 0 Å². The Morgan fingerprint density at radius 2 is 2.00 bits per heavy atom. The molecule has 1 aromatic heterocycles. The maximum Gasteiger partial charge on any atom is 0.273 e. The van der Waals surface area contributed by atoms with E-state index in [0.29, 0.717) is 12.2 Å². The molecule has 2 N–H and O–H groups in total. The molecule has 140 valence electrons. The minimum Gasteiger partial charge on any atom is -0.357 e. The van der Waals surface area contributed by atoms with Crippen LogP contribution < -0.4 is 10.6 Å². The van der Waals surface area contributed by atoms with E-state index in [-0.39, 0.29) is 11.8 Å². The highest BCUT2D eigenvalue weighted by molar-refractivity contribution is 6.06. The SMILES string of the molecule is C=CCCCn1nc(C(=O)NC(C(=O)NC)C(C)(C)C)c2ccccc21. The average molecular weight is 356 g/mol. The van der Waals surface area contributed by atoms with Gasteiger partial charge in [-0.2, -0.15) is 5.10 Å². The van der Waals surface area contributed by atoms with Crippen LogP contribution in [0.25, 0.3) is 10.9 Å². The van der Waals surface area contributed by atoms with E-state index in [4.69, 9.17) is 0 Å². The third-order valence-corrected chi connectivity index (χ3v) is 4.30. The lowest BCUT2D eigenvalue weighted by Crippen LogP contribution is -2.53. The Bertz CT molecular complexity index is 802. The second-order valence-electron chi connectivity index (χ2n) is 7.41. The van der Waals surface area contributed by atoms with Crippen LogP contribution in [0, 0.1) is 5.41 Å². The minimum atomic E-state index is -0.648. The van der Waals surface area contributed by atoms with Crippen LogP contribution in [0.15, 0.2) is 36.9 Å². The van der Waals surface area contributed by atoms with Crippen molar-refractivity contribution in [3.8, 4) is 0 Å². The number of amides is 2. The van der Waals surface area contributed by atoms with Crippen molar-refractivity contribution in [2.24, 2.45) is 5.41 Å². The Hall–Kier alpha value is -2.63. The van der Waals surface area contributed by atoms with Crippen LogP contribution in [0.1, 0.15) is 44.1 Å². The molecule has 0 aliphatic carbocycles. The fourth-order valence-corrected chi connectivity index (χ4v) is 2.87. The molecule has 0 radical (unpaired) electrons. The van der Waals surface area contributed by atoms with Crippen LogP contribution in [-0.4, -0.2) is 34.7 Å². The van der Waals surface area contributed by atoms with E-state index in [9.17, 15) is 9.59 Å². The van der Waals surface area contributed by atoms with Crippen molar-refractivity contribution in [2.75, 3.05) is 7.05 Å². The molecule has 0 aliphatic rings. The number of hydrogen-bond donors (Lipinski definition) is 2. The van der Waals surface area contributed by atoms with E-state index in [2.05, 4.69) is 22.3 Å². The molecule has 1 heterocycles. The number of aromatic nitrogens is 2. The van der Waals surface area contributed by atoms with E-state index < -0.39 is 11.5 Å². The van der Waals surface area contributed by atoms with Gasteiger partial charge in [0, 0.05) is 19.0 Å². The topological polar surface area (TPSA) is 76.0 Å². The van der Waals surface area contributed by atoms with Crippen molar-refractivity contribution in [2.45, 2.75) is 46.2 Å². The number of nitrogens with one attached hydrogen (secondary N) is 2. The predicted molar refractivity (Wildman–Crippen MR) is 104 cm³/mol. The first-order valence-electron chi connectivity index (χ1n) is 8.88. The number of nitrogens with zero attached hydrogens (tertiary/aromatic N) is 2. The Balaban J connectivity index is 2.34. The standard InChI is InChI=1S/C20H28N4O2/c1-6-7-10-13-24-15-12-9-8-11-14(15)16(23-24)18(25)22-17(19(26)21-5)20(2,3)4/h6,8-9,11-12,17H,1,7,10,13H2,2-5H3,(H,21,26)(H,22,25). The van der Waals surface area contributed by atoms with Gasteiger partial charge in [-0.15, -0.1) is 6.58 Å². The molecule has 26 heavy (non-hydrogen) atoms. The zero-order chi connectivity index (χ0) is 19.3. The molecule has 2 rings (SSSR count). The second kappa shape index (κ2) is 8.17. The molecule has 2 amide bonds. The third-order valence-electron chi connectivity index (χ3n) is 4.30. The number of benzene rings is 1. The van der Waals surface area contributed by atoms with Gasteiger partial charge in [0.25, 0.3) is 5.91 Å². The van der Waals surface area contributed by atoms with Crippen molar-refractivity contribution in [1.29, 1.82) is 0 Å². The maximum absolute atomic E-state index is 12.9. The van der Waals surface area contributed by atoms with Gasteiger partial charge < -0.3 is 10.6 Å². The quantitative estimate of drug-likeness (QED) is 0.592. The van der Waals surface area contributed by atoms with Crippen molar-refractivity contribution in [3.63, 3.8) is 0 Å². The largest absolute Gasteiger partial charge is 0.357 e. The summed E-state index contributed by atoms with van der Waals surface area (Å²) >= 11 is 0. The van der Waals surface area contributed by atoms with Gasteiger partial charge in [-0.25, -0.2) is 0 Å². The number of likely N-dealkylation sites (N-methyl/N-ethyl adjacent to an activating group) is 1. The number of allylic oxidation sites excluding steroid dienone is 1. The van der Waals surface area contributed by atoms with Gasteiger partial charge in [0.2, 0.25) is 5.91 Å². The fraction of sp³-hybridized carbons (Fsp3) is 0.450.